The van der Waals surface area contributed by atoms with Crippen LogP contribution in [0.4, 0.5) is 4.39 Å². The van der Waals surface area contributed by atoms with E-state index in [9.17, 15) is 17.6 Å². The van der Waals surface area contributed by atoms with Crippen LogP contribution < -0.4 is 10.4 Å². The average Bonchev–Trinajstić information content (AvgIpc) is 2.82. The first-order chi connectivity index (χ1) is 11.4. The normalized spacial score (nSPS) is 11.9. The highest BCUT2D eigenvalue weighted by atomic mass is 35.5. The molecule has 2 N–H and O–H groups in total. The lowest BCUT2D eigenvalue weighted by atomic mass is 10.3. The van der Waals surface area contributed by atoms with Crippen molar-refractivity contribution in [2.24, 2.45) is 0 Å². The molecule has 0 spiro atoms. The Hall–Kier alpha value is -2.16. The van der Waals surface area contributed by atoms with E-state index in [-0.39, 0.29) is 18.0 Å². The molecule has 126 valence electrons. The molecule has 0 fully saturated rings. The smallest absolute Gasteiger partial charge is 0.305 e. The minimum atomic E-state index is -3.73. The van der Waals surface area contributed by atoms with Gasteiger partial charge in [0.15, 0.2) is 0 Å². The number of imidazole rings is 1. The third-order valence-electron chi connectivity index (χ3n) is 3.47. The van der Waals surface area contributed by atoms with Gasteiger partial charge in [-0.2, -0.15) is 0 Å². The number of sulfonamides is 1. The minimum absolute atomic E-state index is 0.000910. The fourth-order valence-corrected chi connectivity index (χ4v) is 3.69. The number of aromatic amines is 1. The van der Waals surface area contributed by atoms with E-state index in [2.05, 4.69) is 9.71 Å². The number of halogens is 2. The second-order valence-electron chi connectivity index (χ2n) is 5.10. The fourth-order valence-electron chi connectivity index (χ4n) is 2.37. The van der Waals surface area contributed by atoms with Crippen molar-refractivity contribution in [3.63, 3.8) is 0 Å². The highest BCUT2D eigenvalue weighted by Crippen LogP contribution is 2.15. The summed E-state index contributed by atoms with van der Waals surface area (Å²) in [5.74, 6) is -0.461. The first-order valence-corrected chi connectivity index (χ1v) is 8.86. The molecule has 9 heteroatoms. The molecular formula is C15H13ClFN3O3S. The minimum Gasteiger partial charge on any atom is -0.305 e. The van der Waals surface area contributed by atoms with Crippen molar-refractivity contribution in [2.45, 2.75) is 11.4 Å². The monoisotopic (exact) mass is 369 g/mol. The summed E-state index contributed by atoms with van der Waals surface area (Å²) in [6.07, 6.45) is 0. The molecule has 0 atom stereocenters. The lowest BCUT2D eigenvalue weighted by Crippen LogP contribution is -2.30. The molecule has 0 saturated carbocycles. The molecule has 0 aliphatic heterocycles. The lowest BCUT2D eigenvalue weighted by molar-refractivity contribution is 0.572. The summed E-state index contributed by atoms with van der Waals surface area (Å²) in [5, 5.41) is 0.313. The van der Waals surface area contributed by atoms with Crippen molar-refractivity contribution in [3.05, 3.63) is 63.8 Å². The standard InChI is InChI=1S/C15H13ClFN3O3S/c16-10-2-1-3-12(8-10)24(22,23)18-6-7-20-14-5-4-11(17)9-13(14)19-15(20)21/h1-5,8-9,18H,6-7H2,(H,19,21). The molecule has 0 aliphatic carbocycles. The summed E-state index contributed by atoms with van der Waals surface area (Å²) in [4.78, 5) is 14.5. The quantitative estimate of drug-likeness (QED) is 0.722. The molecule has 0 unspecified atom stereocenters. The first kappa shape index (κ1) is 16.7. The van der Waals surface area contributed by atoms with E-state index in [4.69, 9.17) is 11.6 Å². The van der Waals surface area contributed by atoms with Crippen LogP contribution in [0.2, 0.25) is 5.02 Å². The highest BCUT2D eigenvalue weighted by Gasteiger charge is 2.14. The Kier molecular flexibility index (Phi) is 4.44. The van der Waals surface area contributed by atoms with Crippen LogP contribution in [0.15, 0.2) is 52.2 Å². The Morgan fingerprint density at radius 1 is 1.21 bits per heavy atom. The van der Waals surface area contributed by atoms with Crippen molar-refractivity contribution in [2.75, 3.05) is 6.54 Å². The van der Waals surface area contributed by atoms with Crippen LogP contribution in [0.3, 0.4) is 0 Å². The van der Waals surface area contributed by atoms with Crippen LogP contribution in [0, 0.1) is 5.82 Å². The van der Waals surface area contributed by atoms with E-state index in [1.54, 1.807) is 6.07 Å². The van der Waals surface area contributed by atoms with E-state index in [1.165, 1.54) is 41.0 Å². The molecule has 2 aromatic carbocycles. The maximum absolute atomic E-state index is 13.2. The van der Waals surface area contributed by atoms with Gasteiger partial charge >= 0.3 is 5.69 Å². The molecule has 0 bridgehead atoms. The van der Waals surface area contributed by atoms with Crippen molar-refractivity contribution in [1.29, 1.82) is 0 Å². The largest absolute Gasteiger partial charge is 0.326 e. The lowest BCUT2D eigenvalue weighted by Gasteiger charge is -2.08. The van der Waals surface area contributed by atoms with E-state index in [1.807, 2.05) is 0 Å². The molecule has 0 saturated heterocycles. The zero-order chi connectivity index (χ0) is 17.3. The van der Waals surface area contributed by atoms with Crippen LogP contribution in [0.1, 0.15) is 0 Å². The summed E-state index contributed by atoms with van der Waals surface area (Å²) in [6.45, 7) is 0.101. The number of hydrogen-bond donors (Lipinski definition) is 2. The molecule has 3 rings (SSSR count). The van der Waals surface area contributed by atoms with Crippen LogP contribution in [0.5, 0.6) is 0 Å². The second kappa shape index (κ2) is 6.39. The number of rotatable bonds is 5. The predicted molar refractivity (Wildman–Crippen MR) is 89.2 cm³/mol. The van der Waals surface area contributed by atoms with Crippen molar-refractivity contribution in [3.8, 4) is 0 Å². The van der Waals surface area contributed by atoms with E-state index in [0.717, 1.165) is 0 Å². The van der Waals surface area contributed by atoms with Gasteiger partial charge in [0, 0.05) is 18.1 Å². The number of nitrogens with zero attached hydrogens (tertiary/aromatic N) is 1. The Bertz CT molecular complexity index is 1060. The van der Waals surface area contributed by atoms with E-state index in [0.29, 0.717) is 16.1 Å². The van der Waals surface area contributed by atoms with Crippen LogP contribution in [-0.4, -0.2) is 24.5 Å². The molecule has 0 aliphatic rings. The average molecular weight is 370 g/mol. The second-order valence-corrected chi connectivity index (χ2v) is 7.30. The van der Waals surface area contributed by atoms with Gasteiger partial charge in [-0.05, 0) is 36.4 Å². The highest BCUT2D eigenvalue weighted by molar-refractivity contribution is 7.89. The Balaban J connectivity index is 1.77. The van der Waals surface area contributed by atoms with E-state index < -0.39 is 21.5 Å². The van der Waals surface area contributed by atoms with Gasteiger partial charge in [-0.25, -0.2) is 22.3 Å². The molecule has 0 radical (unpaired) electrons. The molecule has 0 amide bonds. The summed E-state index contributed by atoms with van der Waals surface area (Å²) in [5.41, 5.74) is 0.429. The van der Waals surface area contributed by atoms with Gasteiger partial charge in [-0.15, -0.1) is 0 Å². The zero-order valence-corrected chi connectivity index (χ0v) is 13.9. The zero-order valence-electron chi connectivity index (χ0n) is 12.3. The molecule has 1 heterocycles. The van der Waals surface area contributed by atoms with Crippen molar-refractivity contribution < 1.29 is 12.8 Å². The van der Waals surface area contributed by atoms with Crippen LogP contribution in [0.25, 0.3) is 11.0 Å². The Morgan fingerprint density at radius 3 is 2.75 bits per heavy atom. The topological polar surface area (TPSA) is 84.0 Å². The molecular weight excluding hydrogens is 357 g/mol. The first-order valence-electron chi connectivity index (χ1n) is 7.00. The molecule has 1 aromatic heterocycles. The predicted octanol–water partition coefficient (Wildman–Crippen LogP) is 2.10. The maximum Gasteiger partial charge on any atom is 0.326 e. The number of benzene rings is 2. The van der Waals surface area contributed by atoms with Gasteiger partial charge in [-0.3, -0.25) is 4.57 Å². The van der Waals surface area contributed by atoms with Gasteiger partial charge in [0.05, 0.1) is 15.9 Å². The van der Waals surface area contributed by atoms with Crippen molar-refractivity contribution in [1.82, 2.24) is 14.3 Å². The summed E-state index contributed by atoms with van der Waals surface area (Å²) >= 11 is 5.79. The van der Waals surface area contributed by atoms with Gasteiger partial charge < -0.3 is 4.98 Å². The maximum atomic E-state index is 13.2. The van der Waals surface area contributed by atoms with Crippen molar-refractivity contribution >= 4 is 32.7 Å². The van der Waals surface area contributed by atoms with Gasteiger partial charge in [0.25, 0.3) is 0 Å². The van der Waals surface area contributed by atoms with Crippen LogP contribution in [-0.2, 0) is 16.6 Å². The van der Waals surface area contributed by atoms with Gasteiger partial charge in [0.2, 0.25) is 10.0 Å². The molecule has 3 aromatic rings. The third kappa shape index (κ3) is 3.35. The Morgan fingerprint density at radius 2 is 2.00 bits per heavy atom. The molecule has 24 heavy (non-hydrogen) atoms. The van der Waals surface area contributed by atoms with Gasteiger partial charge in [-0.1, -0.05) is 17.7 Å². The van der Waals surface area contributed by atoms with Crippen LogP contribution >= 0.6 is 11.6 Å². The Labute approximate surface area is 141 Å². The number of H-pyrrole nitrogens is 1. The molecule has 6 nitrogen and oxygen atoms in total. The summed E-state index contributed by atoms with van der Waals surface area (Å²) in [7, 11) is -3.73. The summed E-state index contributed by atoms with van der Waals surface area (Å²) < 4.78 is 41.3. The number of fused-ring (bicyclic) bond motifs is 1. The number of aromatic nitrogens is 2. The third-order valence-corrected chi connectivity index (χ3v) is 5.16. The number of hydrogen-bond acceptors (Lipinski definition) is 3. The van der Waals surface area contributed by atoms with E-state index >= 15 is 0 Å². The number of nitrogens with one attached hydrogen (secondary N) is 2. The summed E-state index contributed by atoms with van der Waals surface area (Å²) in [6, 6.07) is 9.79. The van der Waals surface area contributed by atoms with Gasteiger partial charge in [0.1, 0.15) is 5.82 Å². The SMILES string of the molecule is O=c1[nH]c2cc(F)ccc2n1CCNS(=O)(=O)c1cccc(Cl)c1. The fraction of sp³-hybridized carbons (Fsp3) is 0.133.